The number of hydrogen-bond donors (Lipinski definition) is 2. The number of rotatable bonds is 3. The lowest BCUT2D eigenvalue weighted by molar-refractivity contribution is -0.134. The molecule has 2 aromatic carbocycles. The highest BCUT2D eigenvalue weighted by Crippen LogP contribution is 2.37. The average molecular weight is 521 g/mol. The van der Waals surface area contributed by atoms with Crippen LogP contribution in [0.3, 0.4) is 0 Å². The Kier molecular flexibility index (Phi) is 8.81. The van der Waals surface area contributed by atoms with Crippen molar-refractivity contribution in [2.45, 2.75) is 38.6 Å². The number of hydrogen-bond acceptors (Lipinski definition) is 6. The Morgan fingerprint density at radius 1 is 0.789 bits per heavy atom. The van der Waals surface area contributed by atoms with Crippen LogP contribution < -0.4 is 20.3 Å². The molecule has 0 aliphatic carbocycles. The van der Waals surface area contributed by atoms with E-state index in [0.29, 0.717) is 31.0 Å². The van der Waals surface area contributed by atoms with E-state index >= 15 is 0 Å². The summed E-state index contributed by atoms with van der Waals surface area (Å²) in [6, 6.07) is 16.2. The number of piperidine rings is 1. The van der Waals surface area contributed by atoms with Crippen LogP contribution >= 0.6 is 0 Å². The number of ether oxygens (including phenoxy) is 2. The first kappa shape index (κ1) is 26.5. The van der Waals surface area contributed by atoms with Crippen molar-refractivity contribution in [3.05, 3.63) is 59.7 Å². The van der Waals surface area contributed by atoms with Crippen molar-refractivity contribution < 1.29 is 19.1 Å². The van der Waals surface area contributed by atoms with E-state index < -0.39 is 0 Å². The van der Waals surface area contributed by atoms with Crippen LogP contribution in [-0.2, 0) is 16.1 Å². The molecular formula is C30H40N4O4. The Morgan fingerprint density at radius 3 is 2.34 bits per heavy atom. The molecule has 38 heavy (non-hydrogen) atoms. The molecule has 2 amide bonds. The number of carbonyl (C=O) groups is 2. The summed E-state index contributed by atoms with van der Waals surface area (Å²) in [5.74, 6) is 0.588. The molecule has 8 nitrogen and oxygen atoms in total. The molecule has 0 radical (unpaired) electrons. The van der Waals surface area contributed by atoms with Gasteiger partial charge in [0, 0.05) is 31.9 Å². The molecule has 5 rings (SSSR count). The summed E-state index contributed by atoms with van der Waals surface area (Å²) in [5, 5.41) is 6.16. The van der Waals surface area contributed by atoms with Gasteiger partial charge in [-0.3, -0.25) is 14.5 Å². The van der Waals surface area contributed by atoms with E-state index in [0.717, 1.165) is 78.0 Å². The van der Waals surface area contributed by atoms with E-state index in [1.54, 1.807) is 12.1 Å². The Labute approximate surface area is 225 Å². The zero-order valence-corrected chi connectivity index (χ0v) is 22.3. The maximum absolute atomic E-state index is 13.4. The van der Waals surface area contributed by atoms with Crippen molar-refractivity contribution in [2.75, 3.05) is 64.0 Å². The van der Waals surface area contributed by atoms with E-state index in [9.17, 15) is 9.59 Å². The number of anilines is 1. The van der Waals surface area contributed by atoms with Gasteiger partial charge >= 0.3 is 0 Å². The standard InChI is InChI=1S/C30H40N4O4/c35-28-26-5-1-2-6-27(26)38-20-15-32-29(36)30(11-3-4-14-31-28)12-16-33(17-13-30)23-24-7-9-25(10-8-24)34-18-21-37-22-19-34/h1-2,5-10H,3-4,11-23H2,(H,31,35)(H,32,36). The lowest BCUT2D eigenvalue weighted by Crippen LogP contribution is -2.49. The third kappa shape index (κ3) is 6.48. The minimum atomic E-state index is -0.358. The van der Waals surface area contributed by atoms with Gasteiger partial charge in [0.1, 0.15) is 12.4 Å². The number of carbonyl (C=O) groups excluding carboxylic acids is 2. The van der Waals surface area contributed by atoms with E-state index in [1.165, 1.54) is 11.3 Å². The Hall–Kier alpha value is -3.10. The van der Waals surface area contributed by atoms with Crippen molar-refractivity contribution >= 4 is 17.5 Å². The molecule has 1 spiro atoms. The van der Waals surface area contributed by atoms with Crippen LogP contribution in [0.2, 0.25) is 0 Å². The van der Waals surface area contributed by atoms with Crippen molar-refractivity contribution in [2.24, 2.45) is 5.41 Å². The fraction of sp³-hybridized carbons (Fsp3) is 0.533. The van der Waals surface area contributed by atoms with Gasteiger partial charge in [0.05, 0.1) is 30.7 Å². The van der Waals surface area contributed by atoms with E-state index in [4.69, 9.17) is 9.47 Å². The monoisotopic (exact) mass is 520 g/mol. The lowest BCUT2D eigenvalue weighted by Gasteiger charge is -2.41. The molecule has 3 aliphatic rings. The van der Waals surface area contributed by atoms with Crippen LogP contribution in [0.25, 0.3) is 0 Å². The maximum Gasteiger partial charge on any atom is 0.255 e. The lowest BCUT2D eigenvalue weighted by atomic mass is 9.73. The summed E-state index contributed by atoms with van der Waals surface area (Å²) < 4.78 is 11.3. The molecular weight excluding hydrogens is 480 g/mol. The van der Waals surface area contributed by atoms with Crippen LogP contribution in [-0.4, -0.2) is 75.8 Å². The molecule has 0 saturated carbocycles. The van der Waals surface area contributed by atoms with Crippen LogP contribution in [0.4, 0.5) is 5.69 Å². The number of likely N-dealkylation sites (tertiary alicyclic amines) is 1. The van der Waals surface area contributed by atoms with Crippen LogP contribution in [0.5, 0.6) is 5.75 Å². The summed E-state index contributed by atoms with van der Waals surface area (Å²) in [6.07, 6.45) is 4.30. The van der Waals surface area contributed by atoms with Gasteiger partial charge in [0.15, 0.2) is 0 Å². The first-order valence-electron chi connectivity index (χ1n) is 14.1. The average Bonchev–Trinajstić information content (AvgIpc) is 2.96. The number of nitrogens with one attached hydrogen (secondary N) is 2. The Bertz CT molecular complexity index is 1080. The summed E-state index contributed by atoms with van der Waals surface area (Å²) >= 11 is 0. The largest absolute Gasteiger partial charge is 0.491 e. The zero-order chi connectivity index (χ0) is 26.2. The van der Waals surface area contributed by atoms with Crippen molar-refractivity contribution in [1.29, 1.82) is 0 Å². The minimum Gasteiger partial charge on any atom is -0.491 e. The highest BCUT2D eigenvalue weighted by atomic mass is 16.5. The summed E-state index contributed by atoms with van der Waals surface area (Å²) in [4.78, 5) is 30.9. The molecule has 2 aromatic rings. The Morgan fingerprint density at radius 2 is 1.55 bits per heavy atom. The Balaban J connectivity index is 1.17. The quantitative estimate of drug-likeness (QED) is 0.647. The summed E-state index contributed by atoms with van der Waals surface area (Å²) in [5.41, 5.74) is 2.75. The van der Waals surface area contributed by atoms with Gasteiger partial charge in [-0.15, -0.1) is 0 Å². The second kappa shape index (κ2) is 12.6. The molecule has 2 N–H and O–H groups in total. The number of nitrogens with zero attached hydrogens (tertiary/aromatic N) is 2. The molecule has 2 fully saturated rings. The molecule has 3 heterocycles. The molecule has 3 aliphatic heterocycles. The van der Waals surface area contributed by atoms with Crippen LogP contribution in [0, 0.1) is 5.41 Å². The van der Waals surface area contributed by atoms with Crippen molar-refractivity contribution in [1.82, 2.24) is 15.5 Å². The van der Waals surface area contributed by atoms with Gasteiger partial charge in [-0.2, -0.15) is 0 Å². The first-order valence-corrected chi connectivity index (χ1v) is 14.1. The zero-order valence-electron chi connectivity index (χ0n) is 22.3. The topological polar surface area (TPSA) is 83.1 Å². The van der Waals surface area contributed by atoms with Crippen molar-refractivity contribution in [3.8, 4) is 5.75 Å². The fourth-order valence-corrected chi connectivity index (χ4v) is 5.80. The SMILES string of the molecule is O=C1NCCCCC2(CCN(Cc3ccc(N4CCOCC4)cc3)CC2)C(=O)NCCOc2ccccc21. The first-order chi connectivity index (χ1) is 18.6. The molecule has 8 heteroatoms. The summed E-state index contributed by atoms with van der Waals surface area (Å²) in [6.45, 7) is 7.54. The van der Waals surface area contributed by atoms with Crippen molar-refractivity contribution in [3.63, 3.8) is 0 Å². The second-order valence-electron chi connectivity index (χ2n) is 10.6. The molecule has 204 valence electrons. The third-order valence-corrected chi connectivity index (χ3v) is 8.16. The molecule has 0 bridgehead atoms. The van der Waals surface area contributed by atoms with Crippen LogP contribution in [0.1, 0.15) is 48.0 Å². The second-order valence-corrected chi connectivity index (χ2v) is 10.6. The van der Waals surface area contributed by atoms with E-state index in [1.807, 2.05) is 12.1 Å². The molecule has 2 saturated heterocycles. The molecule has 0 aromatic heterocycles. The van der Waals surface area contributed by atoms with Gasteiger partial charge in [-0.05, 0) is 68.6 Å². The van der Waals surface area contributed by atoms with Gasteiger partial charge in [-0.1, -0.05) is 30.7 Å². The highest BCUT2D eigenvalue weighted by molar-refractivity contribution is 5.96. The van der Waals surface area contributed by atoms with E-state index in [2.05, 4.69) is 44.7 Å². The molecule has 0 unspecified atom stereocenters. The van der Waals surface area contributed by atoms with Gasteiger partial charge in [0.2, 0.25) is 5.91 Å². The maximum atomic E-state index is 13.4. The number of para-hydroxylation sites is 1. The summed E-state index contributed by atoms with van der Waals surface area (Å²) in [7, 11) is 0. The number of morpholine rings is 1. The smallest absolute Gasteiger partial charge is 0.255 e. The van der Waals surface area contributed by atoms with Gasteiger partial charge in [-0.25, -0.2) is 0 Å². The van der Waals surface area contributed by atoms with Gasteiger partial charge in [0.25, 0.3) is 5.91 Å². The molecule has 0 atom stereocenters. The van der Waals surface area contributed by atoms with Crippen LogP contribution in [0.15, 0.2) is 48.5 Å². The number of benzene rings is 2. The third-order valence-electron chi connectivity index (χ3n) is 8.16. The normalized spacial score (nSPS) is 21.5. The highest BCUT2D eigenvalue weighted by Gasteiger charge is 2.40. The minimum absolute atomic E-state index is 0.109. The fourth-order valence-electron chi connectivity index (χ4n) is 5.80. The predicted molar refractivity (Wildman–Crippen MR) is 148 cm³/mol. The predicted octanol–water partition coefficient (Wildman–Crippen LogP) is 3.21. The van der Waals surface area contributed by atoms with Gasteiger partial charge < -0.3 is 25.0 Å². The number of amides is 2. The van der Waals surface area contributed by atoms with E-state index in [-0.39, 0.29) is 17.2 Å². The number of fused-ring (bicyclic) bond motifs is 1.